The maximum atomic E-state index is 13.8. The summed E-state index contributed by atoms with van der Waals surface area (Å²) < 4.78 is 19.5. The lowest BCUT2D eigenvalue weighted by atomic mass is 9.93. The minimum atomic E-state index is -0.157. The average molecular weight is 323 g/mol. The van der Waals surface area contributed by atoms with E-state index in [0.29, 0.717) is 17.4 Å². The van der Waals surface area contributed by atoms with Crippen LogP contribution in [-0.4, -0.2) is 12.7 Å². The van der Waals surface area contributed by atoms with Crippen LogP contribution in [-0.2, 0) is 4.74 Å². The van der Waals surface area contributed by atoms with Crippen molar-refractivity contribution in [1.82, 2.24) is 0 Å². The summed E-state index contributed by atoms with van der Waals surface area (Å²) in [6.07, 6.45) is 1.36. The molecule has 0 bridgehead atoms. The molecule has 3 heteroatoms. The summed E-state index contributed by atoms with van der Waals surface area (Å²) in [4.78, 5) is 0.211. The normalized spacial score (nSPS) is 24.8. The summed E-state index contributed by atoms with van der Waals surface area (Å²) >= 11 is 3.78. The van der Waals surface area contributed by atoms with Gasteiger partial charge in [-0.05, 0) is 30.4 Å². The third kappa shape index (κ3) is 2.41. The van der Waals surface area contributed by atoms with Gasteiger partial charge >= 0.3 is 0 Å². The average Bonchev–Trinajstić information content (AvgIpc) is 2.86. The molecule has 19 heavy (non-hydrogen) atoms. The smallest absolute Gasteiger partial charge is 0.131 e. The van der Waals surface area contributed by atoms with E-state index in [1.807, 2.05) is 30.3 Å². The Morgan fingerprint density at radius 3 is 2.63 bits per heavy atom. The number of hydrogen-bond donors (Lipinski definition) is 0. The maximum absolute atomic E-state index is 13.8. The van der Waals surface area contributed by atoms with Gasteiger partial charge in [0.25, 0.3) is 0 Å². The molecule has 1 aliphatic rings. The number of benzene rings is 2. The van der Waals surface area contributed by atoms with Gasteiger partial charge in [0.1, 0.15) is 5.82 Å². The van der Waals surface area contributed by atoms with Gasteiger partial charge in [-0.25, -0.2) is 4.39 Å². The monoisotopic (exact) mass is 322 g/mol. The van der Waals surface area contributed by atoms with Gasteiger partial charge < -0.3 is 4.74 Å². The lowest BCUT2D eigenvalue weighted by Crippen LogP contribution is -2.08. The molecule has 1 fully saturated rings. The van der Waals surface area contributed by atoms with E-state index in [4.69, 9.17) is 4.74 Å². The zero-order valence-electron chi connectivity index (χ0n) is 10.8. The molecule has 0 aromatic heterocycles. The van der Waals surface area contributed by atoms with Crippen LogP contribution in [0.25, 0.3) is 10.8 Å². The molecular formula is C16H16BrFO. The first-order chi connectivity index (χ1) is 9.16. The summed E-state index contributed by atoms with van der Waals surface area (Å²) in [5.74, 6) is 0.291. The summed E-state index contributed by atoms with van der Waals surface area (Å²) in [6.45, 7) is 2.87. The largest absolute Gasteiger partial charge is 0.378 e. The minimum absolute atomic E-state index is 0.157. The summed E-state index contributed by atoms with van der Waals surface area (Å²) in [5, 5.41) is 1.68. The van der Waals surface area contributed by atoms with Crippen LogP contribution in [0, 0.1) is 11.7 Å². The third-order valence-corrected chi connectivity index (χ3v) is 5.09. The molecule has 100 valence electrons. The topological polar surface area (TPSA) is 9.23 Å². The summed E-state index contributed by atoms with van der Waals surface area (Å²) in [7, 11) is 0. The van der Waals surface area contributed by atoms with E-state index in [1.165, 1.54) is 0 Å². The van der Waals surface area contributed by atoms with E-state index < -0.39 is 0 Å². The van der Waals surface area contributed by atoms with Gasteiger partial charge in [-0.2, -0.15) is 0 Å². The van der Waals surface area contributed by atoms with Crippen molar-refractivity contribution < 1.29 is 9.13 Å². The van der Waals surface area contributed by atoms with Crippen molar-refractivity contribution in [2.24, 2.45) is 5.92 Å². The molecule has 3 rings (SSSR count). The van der Waals surface area contributed by atoms with Crippen LogP contribution in [0.3, 0.4) is 0 Å². The van der Waals surface area contributed by atoms with E-state index in [-0.39, 0.29) is 10.6 Å². The van der Waals surface area contributed by atoms with Crippen LogP contribution in [0.1, 0.15) is 23.7 Å². The first-order valence-electron chi connectivity index (χ1n) is 6.59. The summed E-state index contributed by atoms with van der Waals surface area (Å²) in [5.41, 5.74) is 1.15. The second-order valence-corrected chi connectivity index (χ2v) is 6.21. The van der Waals surface area contributed by atoms with Crippen LogP contribution in [0.15, 0.2) is 36.4 Å². The molecule has 0 amide bonds. The Kier molecular flexibility index (Phi) is 3.59. The predicted octanol–water partition coefficient (Wildman–Crippen LogP) is 4.84. The first-order valence-corrected chi connectivity index (χ1v) is 7.51. The van der Waals surface area contributed by atoms with Crippen molar-refractivity contribution in [2.45, 2.75) is 24.3 Å². The van der Waals surface area contributed by atoms with E-state index in [2.05, 4.69) is 22.9 Å². The van der Waals surface area contributed by atoms with Gasteiger partial charge in [-0.15, -0.1) is 0 Å². The molecule has 1 aliphatic heterocycles. The molecule has 0 radical (unpaired) electrons. The molecule has 3 unspecified atom stereocenters. The Morgan fingerprint density at radius 1 is 1.21 bits per heavy atom. The Balaban J connectivity index is 2.03. The van der Waals surface area contributed by atoms with E-state index in [0.717, 1.165) is 24.0 Å². The van der Waals surface area contributed by atoms with Crippen LogP contribution in [0.2, 0.25) is 0 Å². The second kappa shape index (κ2) is 5.22. The Bertz CT molecular complexity index is 598. The standard InChI is InChI=1S/C16H16BrFO/c1-10-8-11(9-19-10)16(17)14-6-7-15(18)13-5-3-2-4-12(13)14/h2-7,10-11,16H,8-9H2,1H3. The van der Waals surface area contributed by atoms with Gasteiger partial charge in [0, 0.05) is 16.1 Å². The minimum Gasteiger partial charge on any atom is -0.378 e. The fourth-order valence-electron chi connectivity index (χ4n) is 2.83. The molecule has 0 aliphatic carbocycles. The highest BCUT2D eigenvalue weighted by Gasteiger charge is 2.30. The fraction of sp³-hybridized carbons (Fsp3) is 0.375. The van der Waals surface area contributed by atoms with Gasteiger partial charge in [-0.3, -0.25) is 0 Å². The number of rotatable bonds is 2. The number of hydrogen-bond acceptors (Lipinski definition) is 1. The van der Waals surface area contributed by atoms with Crippen molar-refractivity contribution in [3.63, 3.8) is 0 Å². The predicted molar refractivity (Wildman–Crippen MR) is 79.1 cm³/mol. The summed E-state index contributed by atoms with van der Waals surface area (Å²) in [6, 6.07) is 11.1. The highest BCUT2D eigenvalue weighted by molar-refractivity contribution is 9.09. The van der Waals surface area contributed by atoms with Crippen LogP contribution in [0.4, 0.5) is 4.39 Å². The fourth-order valence-corrected chi connectivity index (χ4v) is 3.60. The van der Waals surface area contributed by atoms with Crippen molar-refractivity contribution >= 4 is 26.7 Å². The van der Waals surface area contributed by atoms with Crippen LogP contribution >= 0.6 is 15.9 Å². The van der Waals surface area contributed by atoms with Crippen LogP contribution in [0.5, 0.6) is 0 Å². The Morgan fingerprint density at radius 2 is 1.95 bits per heavy atom. The van der Waals surface area contributed by atoms with Gasteiger partial charge in [0.05, 0.1) is 12.7 Å². The lowest BCUT2D eigenvalue weighted by Gasteiger charge is -2.18. The van der Waals surface area contributed by atoms with Crippen molar-refractivity contribution in [3.05, 3.63) is 47.8 Å². The molecule has 2 aromatic rings. The zero-order valence-corrected chi connectivity index (χ0v) is 12.4. The van der Waals surface area contributed by atoms with E-state index >= 15 is 0 Å². The van der Waals surface area contributed by atoms with Crippen molar-refractivity contribution in [1.29, 1.82) is 0 Å². The van der Waals surface area contributed by atoms with Crippen molar-refractivity contribution in [2.75, 3.05) is 6.61 Å². The number of fused-ring (bicyclic) bond motifs is 1. The maximum Gasteiger partial charge on any atom is 0.131 e. The van der Waals surface area contributed by atoms with Gasteiger partial charge in [0.2, 0.25) is 0 Å². The molecule has 3 atom stereocenters. The van der Waals surface area contributed by atoms with Crippen molar-refractivity contribution in [3.8, 4) is 0 Å². The van der Waals surface area contributed by atoms with E-state index in [9.17, 15) is 4.39 Å². The SMILES string of the molecule is CC1CC(C(Br)c2ccc(F)c3ccccc23)CO1. The molecule has 1 nitrogen and oxygen atoms in total. The van der Waals surface area contributed by atoms with E-state index in [1.54, 1.807) is 6.07 Å². The molecule has 0 saturated carbocycles. The highest BCUT2D eigenvalue weighted by Crippen LogP contribution is 2.41. The molecule has 1 heterocycles. The number of ether oxygens (including phenoxy) is 1. The highest BCUT2D eigenvalue weighted by atomic mass is 79.9. The second-order valence-electron chi connectivity index (χ2n) is 5.22. The molecule has 0 spiro atoms. The number of halogens is 2. The molecule has 2 aromatic carbocycles. The van der Waals surface area contributed by atoms with Gasteiger partial charge in [-0.1, -0.05) is 46.3 Å². The quantitative estimate of drug-likeness (QED) is 0.719. The van der Waals surface area contributed by atoms with Gasteiger partial charge in [0.15, 0.2) is 0 Å². The zero-order chi connectivity index (χ0) is 13.4. The van der Waals surface area contributed by atoms with Crippen LogP contribution < -0.4 is 0 Å². The first kappa shape index (κ1) is 13.1. The molecule has 0 N–H and O–H groups in total. The third-order valence-electron chi connectivity index (χ3n) is 3.85. The number of alkyl halides is 1. The molecule has 1 saturated heterocycles. The Labute approximate surface area is 120 Å². The lowest BCUT2D eigenvalue weighted by molar-refractivity contribution is 0.120. The molecular weight excluding hydrogens is 307 g/mol. The Hall–Kier alpha value is -0.930.